The molecule has 0 aliphatic heterocycles. The lowest BCUT2D eigenvalue weighted by molar-refractivity contribution is -0.117. The predicted molar refractivity (Wildman–Crippen MR) is 69.5 cm³/mol. The first kappa shape index (κ1) is 12.5. The van der Waals surface area contributed by atoms with Gasteiger partial charge in [0.25, 0.3) is 0 Å². The second-order valence-corrected chi connectivity index (χ2v) is 6.41. The second-order valence-electron chi connectivity index (χ2n) is 4.95. The van der Waals surface area contributed by atoms with Crippen LogP contribution in [0.4, 0.5) is 0 Å². The van der Waals surface area contributed by atoms with Gasteiger partial charge in [-0.25, -0.2) is 0 Å². The number of ketones is 1. The van der Waals surface area contributed by atoms with Crippen molar-refractivity contribution < 1.29 is 9.00 Å². The SMILES string of the molecule is CC(C)c1ccc(S(=O)CC(=O)C2CC2)cc1. The Bertz CT molecular complexity index is 430. The molecule has 1 aliphatic rings. The van der Waals surface area contributed by atoms with E-state index in [-0.39, 0.29) is 17.5 Å². The van der Waals surface area contributed by atoms with Crippen molar-refractivity contribution in [2.75, 3.05) is 5.75 Å². The Morgan fingerprint density at radius 2 is 1.88 bits per heavy atom. The number of rotatable bonds is 5. The molecule has 2 nitrogen and oxygen atoms in total. The van der Waals surface area contributed by atoms with Crippen LogP contribution in [0.1, 0.15) is 38.2 Å². The summed E-state index contributed by atoms with van der Waals surface area (Å²) in [7, 11) is -1.17. The third kappa shape index (κ3) is 3.25. The van der Waals surface area contributed by atoms with E-state index in [0.717, 1.165) is 17.7 Å². The van der Waals surface area contributed by atoms with E-state index in [4.69, 9.17) is 0 Å². The molecule has 0 spiro atoms. The maximum absolute atomic E-state index is 12.0. The maximum Gasteiger partial charge on any atom is 0.148 e. The molecule has 0 bridgehead atoms. The molecular formula is C14H18O2S. The number of hydrogen-bond acceptors (Lipinski definition) is 2. The molecule has 0 amide bonds. The van der Waals surface area contributed by atoms with Gasteiger partial charge in [0.05, 0.1) is 16.6 Å². The Hall–Kier alpha value is -0.960. The van der Waals surface area contributed by atoms with E-state index in [1.807, 2.05) is 24.3 Å². The molecule has 1 aromatic rings. The van der Waals surface area contributed by atoms with Crippen molar-refractivity contribution in [3.05, 3.63) is 29.8 Å². The molecule has 92 valence electrons. The zero-order valence-corrected chi connectivity index (χ0v) is 11.1. The van der Waals surface area contributed by atoms with Crippen LogP contribution in [-0.2, 0) is 15.6 Å². The monoisotopic (exact) mass is 250 g/mol. The lowest BCUT2D eigenvalue weighted by Crippen LogP contribution is -2.12. The third-order valence-electron chi connectivity index (χ3n) is 3.12. The van der Waals surface area contributed by atoms with Gasteiger partial charge in [0.1, 0.15) is 5.78 Å². The van der Waals surface area contributed by atoms with Gasteiger partial charge in [0.15, 0.2) is 0 Å². The zero-order chi connectivity index (χ0) is 12.4. The van der Waals surface area contributed by atoms with Crippen molar-refractivity contribution in [2.45, 2.75) is 37.5 Å². The average Bonchev–Trinajstić information content (AvgIpc) is 3.12. The van der Waals surface area contributed by atoms with Gasteiger partial charge in [-0.15, -0.1) is 0 Å². The summed E-state index contributed by atoms with van der Waals surface area (Å²) in [6, 6.07) is 7.76. The number of Topliss-reactive ketones (excluding diaryl/α,β-unsaturated/α-hetero) is 1. The van der Waals surface area contributed by atoms with E-state index in [1.165, 1.54) is 5.56 Å². The van der Waals surface area contributed by atoms with Crippen LogP contribution in [0.5, 0.6) is 0 Å². The van der Waals surface area contributed by atoms with Crippen LogP contribution < -0.4 is 0 Å². The van der Waals surface area contributed by atoms with E-state index in [1.54, 1.807) is 0 Å². The van der Waals surface area contributed by atoms with E-state index in [2.05, 4.69) is 13.8 Å². The van der Waals surface area contributed by atoms with Gasteiger partial charge in [-0.2, -0.15) is 0 Å². The average molecular weight is 250 g/mol. The van der Waals surface area contributed by atoms with Crippen LogP contribution in [0.15, 0.2) is 29.2 Å². The summed E-state index contributed by atoms with van der Waals surface area (Å²) in [5.74, 6) is 1.03. The smallest absolute Gasteiger partial charge is 0.148 e. The maximum atomic E-state index is 12.0. The molecule has 0 radical (unpaired) electrons. The minimum Gasteiger partial charge on any atom is -0.298 e. The Morgan fingerprint density at radius 3 is 2.35 bits per heavy atom. The standard InChI is InChI=1S/C14H18O2S/c1-10(2)11-5-7-13(8-6-11)17(16)9-14(15)12-3-4-12/h5-8,10,12H,3-4,9H2,1-2H3. The van der Waals surface area contributed by atoms with E-state index in [0.29, 0.717) is 5.92 Å². The normalized spacial score (nSPS) is 17.1. The summed E-state index contributed by atoms with van der Waals surface area (Å²) in [6.45, 7) is 4.26. The highest BCUT2D eigenvalue weighted by Gasteiger charge is 2.30. The number of carbonyl (C=O) groups is 1. The Balaban J connectivity index is 2.01. The van der Waals surface area contributed by atoms with Crippen molar-refractivity contribution in [1.82, 2.24) is 0 Å². The van der Waals surface area contributed by atoms with Gasteiger partial charge >= 0.3 is 0 Å². The van der Waals surface area contributed by atoms with Crippen molar-refractivity contribution in [2.24, 2.45) is 5.92 Å². The van der Waals surface area contributed by atoms with Crippen LogP contribution in [0.2, 0.25) is 0 Å². The van der Waals surface area contributed by atoms with Crippen LogP contribution in [0, 0.1) is 5.92 Å². The molecule has 0 saturated heterocycles. The highest BCUT2D eigenvalue weighted by atomic mass is 32.2. The molecule has 1 saturated carbocycles. The van der Waals surface area contributed by atoms with Crippen LogP contribution in [-0.4, -0.2) is 15.7 Å². The first-order chi connectivity index (χ1) is 8.08. The fraction of sp³-hybridized carbons (Fsp3) is 0.500. The molecule has 1 unspecified atom stereocenters. The topological polar surface area (TPSA) is 34.1 Å². The molecule has 2 rings (SSSR count). The van der Waals surface area contributed by atoms with Crippen molar-refractivity contribution >= 4 is 16.6 Å². The van der Waals surface area contributed by atoms with Gasteiger partial charge < -0.3 is 0 Å². The summed E-state index contributed by atoms with van der Waals surface area (Å²) in [5, 5.41) is 0. The fourth-order valence-corrected chi connectivity index (χ4v) is 2.84. The predicted octanol–water partition coefficient (Wildman–Crippen LogP) is 2.90. The summed E-state index contributed by atoms with van der Waals surface area (Å²) >= 11 is 0. The van der Waals surface area contributed by atoms with E-state index >= 15 is 0 Å². The van der Waals surface area contributed by atoms with E-state index in [9.17, 15) is 9.00 Å². The Morgan fingerprint density at radius 1 is 1.29 bits per heavy atom. The van der Waals surface area contributed by atoms with Crippen molar-refractivity contribution in [3.8, 4) is 0 Å². The number of hydrogen-bond donors (Lipinski definition) is 0. The Kier molecular flexibility index (Phi) is 3.77. The summed E-state index contributed by atoms with van der Waals surface area (Å²) in [5.41, 5.74) is 1.24. The Labute approximate surface area is 105 Å². The fourth-order valence-electron chi connectivity index (χ4n) is 1.74. The molecule has 3 heteroatoms. The zero-order valence-electron chi connectivity index (χ0n) is 10.3. The van der Waals surface area contributed by atoms with Crippen LogP contribution in [0.3, 0.4) is 0 Å². The summed E-state index contributed by atoms with van der Waals surface area (Å²) in [6.07, 6.45) is 1.98. The van der Waals surface area contributed by atoms with Gasteiger partial charge in [0.2, 0.25) is 0 Å². The molecule has 0 heterocycles. The molecule has 0 N–H and O–H groups in total. The molecule has 1 atom stereocenters. The third-order valence-corrected chi connectivity index (χ3v) is 4.46. The van der Waals surface area contributed by atoms with E-state index < -0.39 is 10.8 Å². The molecule has 17 heavy (non-hydrogen) atoms. The molecule has 1 aliphatic carbocycles. The van der Waals surface area contributed by atoms with Crippen LogP contribution >= 0.6 is 0 Å². The molecule has 1 fully saturated rings. The first-order valence-corrected chi connectivity index (χ1v) is 7.41. The lowest BCUT2D eigenvalue weighted by atomic mass is 10.0. The van der Waals surface area contributed by atoms with Crippen molar-refractivity contribution in [3.63, 3.8) is 0 Å². The van der Waals surface area contributed by atoms with Crippen LogP contribution in [0.25, 0.3) is 0 Å². The minimum absolute atomic E-state index is 0.163. The minimum atomic E-state index is -1.17. The van der Waals surface area contributed by atoms with Gasteiger partial charge in [0, 0.05) is 10.8 Å². The second kappa shape index (κ2) is 5.13. The molecule has 0 aromatic heterocycles. The van der Waals surface area contributed by atoms with Gasteiger partial charge in [-0.3, -0.25) is 9.00 Å². The van der Waals surface area contributed by atoms with Gasteiger partial charge in [-0.05, 0) is 36.5 Å². The number of benzene rings is 1. The molecular weight excluding hydrogens is 232 g/mol. The highest BCUT2D eigenvalue weighted by molar-refractivity contribution is 7.85. The first-order valence-electron chi connectivity index (χ1n) is 6.09. The number of carbonyl (C=O) groups excluding carboxylic acids is 1. The van der Waals surface area contributed by atoms with Crippen molar-refractivity contribution in [1.29, 1.82) is 0 Å². The highest BCUT2D eigenvalue weighted by Crippen LogP contribution is 2.30. The van der Waals surface area contributed by atoms with Gasteiger partial charge in [-0.1, -0.05) is 26.0 Å². The quantitative estimate of drug-likeness (QED) is 0.805. The lowest BCUT2D eigenvalue weighted by Gasteiger charge is -2.06. The summed E-state index contributed by atoms with van der Waals surface area (Å²) < 4.78 is 12.0. The summed E-state index contributed by atoms with van der Waals surface area (Å²) in [4.78, 5) is 12.3. The molecule has 1 aromatic carbocycles. The largest absolute Gasteiger partial charge is 0.298 e.